The number of hydrogen-bond acceptors (Lipinski definition) is 2. The van der Waals surface area contributed by atoms with Crippen molar-refractivity contribution < 1.29 is 21.8 Å². The summed E-state index contributed by atoms with van der Waals surface area (Å²) in [6.45, 7) is 0. The fraction of sp³-hybridized carbons (Fsp3) is 0.400. The number of benzene rings is 1. The van der Waals surface area contributed by atoms with Gasteiger partial charge in [0.25, 0.3) is 0 Å². The third-order valence-electron chi connectivity index (χ3n) is 2.01. The van der Waals surface area contributed by atoms with Crippen molar-refractivity contribution in [1.29, 1.82) is 0 Å². The van der Waals surface area contributed by atoms with Crippen LogP contribution >= 0.6 is 0 Å². The second-order valence-electron chi connectivity index (χ2n) is 3.45. The zero-order valence-electron chi connectivity index (χ0n) is 8.76. The molecule has 0 saturated heterocycles. The van der Waals surface area contributed by atoms with E-state index in [2.05, 4.69) is 0 Å². The minimum Gasteiger partial charge on any atom is -0.398 e. The van der Waals surface area contributed by atoms with Crippen molar-refractivity contribution in [3.8, 4) is 0 Å². The van der Waals surface area contributed by atoms with Crippen molar-refractivity contribution in [1.82, 2.24) is 0 Å². The summed E-state index contributed by atoms with van der Waals surface area (Å²) in [5.74, 6) is -0.800. The molecule has 0 saturated carbocycles. The summed E-state index contributed by atoms with van der Waals surface area (Å²) in [7, 11) is -1.70. The molecule has 2 nitrogen and oxygen atoms in total. The fourth-order valence-electron chi connectivity index (χ4n) is 1.22. The summed E-state index contributed by atoms with van der Waals surface area (Å²) < 4.78 is 60.1. The Bertz CT molecular complexity index is 419. The van der Waals surface area contributed by atoms with Crippen LogP contribution in [0.2, 0.25) is 0 Å². The fourth-order valence-corrected chi connectivity index (χ4v) is 2.42. The van der Waals surface area contributed by atoms with Gasteiger partial charge in [0, 0.05) is 17.9 Å². The Kier molecular flexibility index (Phi) is 4.50. The van der Waals surface area contributed by atoms with E-state index in [-0.39, 0.29) is 22.8 Å². The number of anilines is 1. The molecule has 0 aromatic heterocycles. The highest BCUT2D eigenvalue weighted by molar-refractivity contribution is 7.85. The lowest BCUT2D eigenvalue weighted by atomic mass is 10.3. The Morgan fingerprint density at radius 2 is 1.94 bits per heavy atom. The van der Waals surface area contributed by atoms with Crippen LogP contribution in [0.3, 0.4) is 0 Å². The van der Waals surface area contributed by atoms with E-state index in [1.54, 1.807) is 0 Å². The summed E-state index contributed by atoms with van der Waals surface area (Å²) in [6, 6.07) is 3.33. The van der Waals surface area contributed by atoms with Gasteiger partial charge in [-0.3, -0.25) is 4.21 Å². The number of rotatable bonds is 4. The first-order valence-electron chi connectivity index (χ1n) is 4.80. The molecule has 2 N–H and O–H groups in total. The average molecular weight is 269 g/mol. The Morgan fingerprint density at radius 3 is 2.53 bits per heavy atom. The molecule has 0 spiro atoms. The Balaban J connectivity index is 2.61. The van der Waals surface area contributed by atoms with Crippen LogP contribution in [0.4, 0.5) is 23.2 Å². The van der Waals surface area contributed by atoms with Crippen molar-refractivity contribution >= 4 is 16.5 Å². The van der Waals surface area contributed by atoms with E-state index < -0.39 is 29.2 Å². The van der Waals surface area contributed by atoms with Gasteiger partial charge < -0.3 is 5.73 Å². The van der Waals surface area contributed by atoms with E-state index in [9.17, 15) is 21.8 Å². The van der Waals surface area contributed by atoms with Gasteiger partial charge in [0.05, 0.1) is 15.7 Å². The molecular weight excluding hydrogens is 258 g/mol. The predicted octanol–water partition coefficient (Wildman–Crippen LogP) is 2.86. The Morgan fingerprint density at radius 1 is 1.29 bits per heavy atom. The van der Waals surface area contributed by atoms with E-state index in [0.717, 1.165) is 12.1 Å². The van der Waals surface area contributed by atoms with Crippen LogP contribution < -0.4 is 5.73 Å². The minimum absolute atomic E-state index is 0.0483. The van der Waals surface area contributed by atoms with E-state index in [4.69, 9.17) is 5.73 Å². The molecule has 0 aliphatic carbocycles. The molecule has 1 aromatic rings. The lowest BCUT2D eigenvalue weighted by Crippen LogP contribution is -2.10. The number of nitrogens with two attached hydrogens (primary N) is 1. The Hall–Kier alpha value is -1.11. The van der Waals surface area contributed by atoms with Crippen molar-refractivity contribution in [2.45, 2.75) is 23.9 Å². The molecule has 96 valence electrons. The maximum Gasteiger partial charge on any atom is 0.389 e. The second kappa shape index (κ2) is 5.48. The van der Waals surface area contributed by atoms with Gasteiger partial charge in [-0.25, -0.2) is 4.39 Å². The van der Waals surface area contributed by atoms with Crippen LogP contribution in [0.25, 0.3) is 0 Å². The second-order valence-corrected chi connectivity index (χ2v) is 4.99. The van der Waals surface area contributed by atoms with Gasteiger partial charge in [0.2, 0.25) is 0 Å². The molecule has 17 heavy (non-hydrogen) atoms. The maximum atomic E-state index is 12.8. The first-order valence-corrected chi connectivity index (χ1v) is 6.11. The van der Waals surface area contributed by atoms with Crippen molar-refractivity contribution in [2.75, 3.05) is 11.5 Å². The smallest absolute Gasteiger partial charge is 0.389 e. The highest BCUT2D eigenvalue weighted by Gasteiger charge is 2.26. The molecule has 0 radical (unpaired) electrons. The third-order valence-corrected chi connectivity index (χ3v) is 3.51. The van der Waals surface area contributed by atoms with Crippen molar-refractivity contribution in [2.24, 2.45) is 0 Å². The van der Waals surface area contributed by atoms with Crippen LogP contribution in [0.15, 0.2) is 23.1 Å². The highest BCUT2D eigenvalue weighted by Crippen LogP contribution is 2.23. The van der Waals surface area contributed by atoms with E-state index in [1.165, 1.54) is 6.07 Å². The molecule has 1 aromatic carbocycles. The molecule has 0 bridgehead atoms. The van der Waals surface area contributed by atoms with Crippen molar-refractivity contribution in [3.63, 3.8) is 0 Å². The first kappa shape index (κ1) is 14.0. The highest BCUT2D eigenvalue weighted by atomic mass is 32.2. The molecular formula is C10H11F4NOS. The quantitative estimate of drug-likeness (QED) is 0.674. The van der Waals surface area contributed by atoms with Crippen LogP contribution in [-0.4, -0.2) is 16.1 Å². The normalized spacial score (nSPS) is 13.6. The predicted molar refractivity (Wildman–Crippen MR) is 57.4 cm³/mol. The van der Waals surface area contributed by atoms with E-state index >= 15 is 0 Å². The van der Waals surface area contributed by atoms with Crippen LogP contribution in [0.5, 0.6) is 0 Å². The Labute approximate surface area is 98.3 Å². The largest absolute Gasteiger partial charge is 0.398 e. The zero-order valence-corrected chi connectivity index (χ0v) is 9.58. The summed E-state index contributed by atoms with van der Waals surface area (Å²) in [4.78, 5) is 0.0483. The first-order chi connectivity index (χ1) is 7.79. The molecule has 1 atom stereocenters. The molecule has 0 amide bonds. The van der Waals surface area contributed by atoms with E-state index in [1.807, 2.05) is 0 Å². The number of alkyl halides is 3. The lowest BCUT2D eigenvalue weighted by Gasteiger charge is -2.07. The van der Waals surface area contributed by atoms with E-state index in [0.29, 0.717) is 0 Å². The SMILES string of the molecule is Nc1ccc(F)cc1S(=O)CCCC(F)(F)F. The monoisotopic (exact) mass is 269 g/mol. The van der Waals surface area contributed by atoms with Crippen LogP contribution in [0, 0.1) is 5.82 Å². The lowest BCUT2D eigenvalue weighted by molar-refractivity contribution is -0.134. The summed E-state index contributed by atoms with van der Waals surface area (Å²) in [6.07, 6.45) is -5.54. The molecule has 1 rings (SSSR count). The molecule has 0 aliphatic heterocycles. The molecule has 0 heterocycles. The van der Waals surface area contributed by atoms with Gasteiger partial charge in [-0.1, -0.05) is 0 Å². The van der Waals surface area contributed by atoms with Crippen LogP contribution in [0.1, 0.15) is 12.8 Å². The summed E-state index contributed by atoms with van der Waals surface area (Å²) in [5, 5.41) is 0. The minimum atomic E-state index is -4.27. The van der Waals surface area contributed by atoms with Gasteiger partial charge in [-0.05, 0) is 24.6 Å². The molecule has 0 fully saturated rings. The number of nitrogen functional groups attached to an aromatic ring is 1. The van der Waals surface area contributed by atoms with Gasteiger partial charge in [0.1, 0.15) is 5.82 Å². The standard InChI is InChI=1S/C10H11F4NOS/c11-7-2-3-8(15)9(6-7)17(16)5-1-4-10(12,13)14/h2-3,6H,1,4-5,15H2. The molecule has 0 aliphatic rings. The van der Waals surface area contributed by atoms with Crippen molar-refractivity contribution in [3.05, 3.63) is 24.0 Å². The number of hydrogen-bond donors (Lipinski definition) is 1. The number of halogens is 4. The molecule has 7 heteroatoms. The average Bonchev–Trinajstić information content (AvgIpc) is 2.19. The van der Waals surface area contributed by atoms with Gasteiger partial charge in [-0.15, -0.1) is 0 Å². The van der Waals surface area contributed by atoms with Gasteiger partial charge in [-0.2, -0.15) is 13.2 Å². The van der Waals surface area contributed by atoms with Crippen LogP contribution in [-0.2, 0) is 10.8 Å². The zero-order chi connectivity index (χ0) is 13.1. The summed E-state index contributed by atoms with van der Waals surface area (Å²) >= 11 is 0. The van der Waals surface area contributed by atoms with Gasteiger partial charge >= 0.3 is 6.18 Å². The maximum absolute atomic E-state index is 12.8. The topological polar surface area (TPSA) is 43.1 Å². The summed E-state index contributed by atoms with van der Waals surface area (Å²) in [5.41, 5.74) is 5.59. The third kappa shape index (κ3) is 4.72. The van der Waals surface area contributed by atoms with Gasteiger partial charge in [0.15, 0.2) is 0 Å². The molecule has 1 unspecified atom stereocenters.